The standard InChI is InChI=1S/C21H32N4O5/c1-2-3-4-5-6-7-8-9-10-11-20(27)22-16-21(28)24-23-15-17-14-18(25(29)30)12-13-19(17)26/h12-15,26H,2-11,16H2,1H3,(H,22,27)(H,24,28)/b23-15-. The predicted molar refractivity (Wildman–Crippen MR) is 115 cm³/mol. The number of hydrogen-bond donors (Lipinski definition) is 3. The second-order valence-corrected chi connectivity index (χ2v) is 7.15. The van der Waals surface area contributed by atoms with Gasteiger partial charge in [-0.3, -0.25) is 19.7 Å². The number of hydrogen-bond acceptors (Lipinski definition) is 6. The number of amides is 2. The summed E-state index contributed by atoms with van der Waals surface area (Å²) >= 11 is 0. The van der Waals surface area contributed by atoms with E-state index >= 15 is 0 Å². The van der Waals surface area contributed by atoms with E-state index in [1.54, 1.807) is 0 Å². The summed E-state index contributed by atoms with van der Waals surface area (Å²) in [6.45, 7) is 1.99. The maximum atomic E-state index is 11.8. The number of nitro benzene ring substituents is 1. The largest absolute Gasteiger partial charge is 0.507 e. The smallest absolute Gasteiger partial charge is 0.270 e. The molecule has 0 aliphatic heterocycles. The molecule has 9 nitrogen and oxygen atoms in total. The van der Waals surface area contributed by atoms with Gasteiger partial charge in [0.25, 0.3) is 11.6 Å². The monoisotopic (exact) mass is 420 g/mol. The maximum Gasteiger partial charge on any atom is 0.270 e. The highest BCUT2D eigenvalue weighted by atomic mass is 16.6. The fourth-order valence-corrected chi connectivity index (χ4v) is 2.84. The Bertz CT molecular complexity index is 721. The van der Waals surface area contributed by atoms with Crippen LogP contribution in [-0.2, 0) is 9.59 Å². The Labute approximate surface area is 177 Å². The summed E-state index contributed by atoms with van der Waals surface area (Å²) in [7, 11) is 0. The lowest BCUT2D eigenvalue weighted by Gasteiger charge is -2.05. The van der Waals surface area contributed by atoms with Crippen molar-refractivity contribution in [1.82, 2.24) is 10.7 Å². The lowest BCUT2D eigenvalue weighted by Crippen LogP contribution is -2.34. The molecule has 0 atom stereocenters. The van der Waals surface area contributed by atoms with Crippen LogP contribution in [-0.4, -0.2) is 34.6 Å². The molecule has 0 heterocycles. The van der Waals surface area contributed by atoms with E-state index in [4.69, 9.17) is 0 Å². The number of nitro groups is 1. The third-order valence-electron chi connectivity index (χ3n) is 4.57. The lowest BCUT2D eigenvalue weighted by atomic mass is 10.1. The first-order valence-corrected chi connectivity index (χ1v) is 10.5. The van der Waals surface area contributed by atoms with Crippen LogP contribution in [0.2, 0.25) is 0 Å². The Hall–Kier alpha value is -2.97. The highest BCUT2D eigenvalue weighted by molar-refractivity contribution is 5.87. The first kappa shape index (κ1) is 25.1. The van der Waals surface area contributed by atoms with Gasteiger partial charge in [0.1, 0.15) is 5.75 Å². The number of aromatic hydroxyl groups is 1. The number of rotatable bonds is 15. The molecule has 0 bridgehead atoms. The molecule has 1 aromatic carbocycles. The van der Waals surface area contributed by atoms with Gasteiger partial charge in [0.05, 0.1) is 17.7 Å². The fourth-order valence-electron chi connectivity index (χ4n) is 2.84. The van der Waals surface area contributed by atoms with Crippen molar-refractivity contribution < 1.29 is 19.6 Å². The Kier molecular flexibility index (Phi) is 12.5. The second-order valence-electron chi connectivity index (χ2n) is 7.15. The quantitative estimate of drug-likeness (QED) is 0.172. The third kappa shape index (κ3) is 11.1. The van der Waals surface area contributed by atoms with Gasteiger partial charge in [0.15, 0.2) is 0 Å². The van der Waals surface area contributed by atoms with Crippen molar-refractivity contribution in [2.24, 2.45) is 5.10 Å². The molecule has 2 amide bonds. The first-order chi connectivity index (χ1) is 14.4. The molecular formula is C21H32N4O5. The van der Waals surface area contributed by atoms with E-state index in [2.05, 4.69) is 22.8 Å². The Morgan fingerprint density at radius 3 is 2.33 bits per heavy atom. The molecule has 3 N–H and O–H groups in total. The number of nitrogens with zero attached hydrogens (tertiary/aromatic N) is 2. The Morgan fingerprint density at radius 1 is 1.07 bits per heavy atom. The van der Waals surface area contributed by atoms with E-state index in [-0.39, 0.29) is 29.5 Å². The van der Waals surface area contributed by atoms with Crippen LogP contribution in [0.15, 0.2) is 23.3 Å². The maximum absolute atomic E-state index is 11.8. The number of benzene rings is 1. The Morgan fingerprint density at radius 2 is 1.70 bits per heavy atom. The third-order valence-corrected chi connectivity index (χ3v) is 4.57. The van der Waals surface area contributed by atoms with Gasteiger partial charge in [-0.25, -0.2) is 5.43 Å². The van der Waals surface area contributed by atoms with E-state index in [1.165, 1.54) is 44.6 Å². The number of carbonyl (C=O) groups is 2. The van der Waals surface area contributed by atoms with Crippen molar-refractivity contribution in [3.05, 3.63) is 33.9 Å². The number of nitrogens with one attached hydrogen (secondary N) is 2. The van der Waals surface area contributed by atoms with Gasteiger partial charge in [-0.15, -0.1) is 0 Å². The van der Waals surface area contributed by atoms with Crippen LogP contribution in [0, 0.1) is 10.1 Å². The summed E-state index contributed by atoms with van der Waals surface area (Å²) in [4.78, 5) is 33.6. The number of unbranched alkanes of at least 4 members (excludes halogenated alkanes) is 8. The first-order valence-electron chi connectivity index (χ1n) is 10.5. The zero-order chi connectivity index (χ0) is 22.2. The van der Waals surface area contributed by atoms with Gasteiger partial charge >= 0.3 is 0 Å². The van der Waals surface area contributed by atoms with Gasteiger partial charge in [0.2, 0.25) is 5.91 Å². The zero-order valence-electron chi connectivity index (χ0n) is 17.6. The molecule has 1 rings (SSSR count). The normalized spacial score (nSPS) is 10.8. The van der Waals surface area contributed by atoms with Crippen molar-refractivity contribution >= 4 is 23.7 Å². The molecule has 0 radical (unpaired) electrons. The van der Waals surface area contributed by atoms with Crippen LogP contribution in [0.25, 0.3) is 0 Å². The molecule has 0 spiro atoms. The van der Waals surface area contributed by atoms with Crippen LogP contribution in [0.3, 0.4) is 0 Å². The average Bonchev–Trinajstić information content (AvgIpc) is 2.72. The molecule has 1 aromatic rings. The molecule has 0 aliphatic carbocycles. The summed E-state index contributed by atoms with van der Waals surface area (Å²) in [5, 5.41) is 26.6. The van der Waals surface area contributed by atoms with Gasteiger partial charge in [-0.1, -0.05) is 58.3 Å². The van der Waals surface area contributed by atoms with Gasteiger partial charge < -0.3 is 10.4 Å². The van der Waals surface area contributed by atoms with E-state index < -0.39 is 10.8 Å². The van der Waals surface area contributed by atoms with E-state index in [0.29, 0.717) is 6.42 Å². The molecule has 0 saturated carbocycles. The van der Waals surface area contributed by atoms with Crippen LogP contribution in [0.5, 0.6) is 5.75 Å². The molecule has 9 heteroatoms. The van der Waals surface area contributed by atoms with Gasteiger partial charge in [-0.05, 0) is 12.5 Å². The Balaban J connectivity index is 2.16. The molecular weight excluding hydrogens is 388 g/mol. The van der Waals surface area contributed by atoms with Crippen LogP contribution < -0.4 is 10.7 Å². The number of carbonyl (C=O) groups excluding carboxylic acids is 2. The van der Waals surface area contributed by atoms with Crippen molar-refractivity contribution in [3.63, 3.8) is 0 Å². The summed E-state index contributed by atoms with van der Waals surface area (Å²) in [6, 6.07) is 3.47. The van der Waals surface area contributed by atoms with E-state index in [0.717, 1.165) is 37.6 Å². The summed E-state index contributed by atoms with van der Waals surface area (Å²) in [5.74, 6) is -0.919. The molecule has 0 unspecified atom stereocenters. The minimum Gasteiger partial charge on any atom is -0.507 e. The molecule has 0 aromatic heterocycles. The minimum absolute atomic E-state index is 0.0962. The topological polar surface area (TPSA) is 134 Å². The highest BCUT2D eigenvalue weighted by Crippen LogP contribution is 2.21. The number of phenols is 1. The summed E-state index contributed by atoms with van der Waals surface area (Å²) < 4.78 is 0. The predicted octanol–water partition coefficient (Wildman–Crippen LogP) is 3.79. The summed E-state index contributed by atoms with van der Waals surface area (Å²) in [6.07, 6.45) is 12.0. The van der Waals surface area contributed by atoms with E-state index in [1.807, 2.05) is 0 Å². The van der Waals surface area contributed by atoms with Crippen LogP contribution in [0.4, 0.5) is 5.69 Å². The van der Waals surface area contributed by atoms with Gasteiger partial charge in [0, 0.05) is 24.1 Å². The molecule has 0 saturated heterocycles. The van der Waals surface area contributed by atoms with Crippen molar-refractivity contribution in [3.8, 4) is 5.75 Å². The number of hydrazone groups is 1. The summed E-state index contributed by atoms with van der Waals surface area (Å²) in [5.41, 5.74) is 2.09. The lowest BCUT2D eigenvalue weighted by molar-refractivity contribution is -0.384. The van der Waals surface area contributed by atoms with Crippen LogP contribution in [0.1, 0.15) is 76.7 Å². The van der Waals surface area contributed by atoms with E-state index in [9.17, 15) is 24.8 Å². The van der Waals surface area contributed by atoms with Gasteiger partial charge in [-0.2, -0.15) is 5.10 Å². The number of phenolic OH excluding ortho intramolecular Hbond substituents is 1. The van der Waals surface area contributed by atoms with Crippen molar-refractivity contribution in [1.29, 1.82) is 0 Å². The molecule has 0 fully saturated rings. The fraction of sp³-hybridized carbons (Fsp3) is 0.571. The molecule has 30 heavy (non-hydrogen) atoms. The minimum atomic E-state index is -0.599. The second kappa shape index (κ2) is 14.9. The zero-order valence-corrected chi connectivity index (χ0v) is 17.6. The molecule has 0 aliphatic rings. The molecule has 166 valence electrons. The van der Waals surface area contributed by atoms with Crippen LogP contribution >= 0.6 is 0 Å². The van der Waals surface area contributed by atoms with Crippen molar-refractivity contribution in [2.75, 3.05) is 6.54 Å². The van der Waals surface area contributed by atoms with Crippen molar-refractivity contribution in [2.45, 2.75) is 71.1 Å². The SMILES string of the molecule is CCCCCCCCCCCC(=O)NCC(=O)N/N=C\c1cc([N+](=O)[O-])ccc1O. The number of non-ortho nitro benzene ring substituents is 1. The average molecular weight is 421 g/mol. The highest BCUT2D eigenvalue weighted by Gasteiger charge is 2.09.